The van der Waals surface area contributed by atoms with Crippen molar-refractivity contribution in [2.45, 2.75) is 19.8 Å². The van der Waals surface area contributed by atoms with Crippen molar-refractivity contribution >= 4 is 23.4 Å². The Labute approximate surface area is 140 Å². The first-order chi connectivity index (χ1) is 11.5. The Morgan fingerprint density at radius 3 is 2.50 bits per heavy atom. The van der Waals surface area contributed by atoms with Gasteiger partial charge in [-0.3, -0.25) is 4.79 Å². The van der Waals surface area contributed by atoms with Crippen LogP contribution in [0.2, 0.25) is 0 Å². The number of allylic oxidation sites excluding steroid dienone is 1. The van der Waals surface area contributed by atoms with Gasteiger partial charge in [0.25, 0.3) is 0 Å². The Kier molecular flexibility index (Phi) is 4.30. The monoisotopic (exact) mass is 322 g/mol. The summed E-state index contributed by atoms with van der Waals surface area (Å²) in [5, 5.41) is 0.985. The minimum absolute atomic E-state index is 0.190. The molecule has 122 valence electrons. The van der Waals surface area contributed by atoms with Crippen molar-refractivity contribution in [1.82, 2.24) is 9.55 Å². The molecule has 0 amide bonds. The van der Waals surface area contributed by atoms with Gasteiger partial charge in [0.1, 0.15) is 17.8 Å². The van der Waals surface area contributed by atoms with E-state index in [4.69, 9.17) is 4.98 Å². The summed E-state index contributed by atoms with van der Waals surface area (Å²) in [6.45, 7) is 4.15. The highest BCUT2D eigenvalue weighted by molar-refractivity contribution is 5.99. The first-order valence-corrected chi connectivity index (χ1v) is 7.89. The second kappa shape index (κ2) is 6.40. The zero-order chi connectivity index (χ0) is 17.3. The predicted octanol–water partition coefficient (Wildman–Crippen LogP) is 4.71. The van der Waals surface area contributed by atoms with Crippen LogP contribution in [0.3, 0.4) is 0 Å². The second-order valence-corrected chi connectivity index (χ2v) is 6.11. The van der Waals surface area contributed by atoms with Crippen LogP contribution < -0.4 is 0 Å². The zero-order valence-electron chi connectivity index (χ0n) is 14.0. The predicted molar refractivity (Wildman–Crippen MR) is 95.3 cm³/mol. The number of aldehydes is 1. The largest absolute Gasteiger partial charge is 0.336 e. The molecule has 0 radical (unpaired) electrons. The standard InChI is InChI=1S/C20H19FN2O/c1-13(2)19-16(5-4-12-24)18(14-6-8-15(21)9-7-14)17-10-11-23(3)20(17)22-19/h4-13H,1-3H3/b5-4+. The highest BCUT2D eigenvalue weighted by Crippen LogP contribution is 2.36. The number of fused-ring (bicyclic) bond motifs is 1. The van der Waals surface area contributed by atoms with Gasteiger partial charge in [-0.05, 0) is 41.8 Å². The minimum atomic E-state index is -0.272. The van der Waals surface area contributed by atoms with Gasteiger partial charge >= 0.3 is 0 Å². The molecule has 0 bridgehead atoms. The summed E-state index contributed by atoms with van der Waals surface area (Å²) >= 11 is 0. The smallest absolute Gasteiger partial charge is 0.142 e. The Bertz CT molecular complexity index is 921. The Morgan fingerprint density at radius 1 is 1.17 bits per heavy atom. The van der Waals surface area contributed by atoms with Crippen LogP contribution in [0.25, 0.3) is 28.2 Å². The van der Waals surface area contributed by atoms with E-state index in [0.717, 1.165) is 39.7 Å². The van der Waals surface area contributed by atoms with E-state index < -0.39 is 0 Å². The summed E-state index contributed by atoms with van der Waals surface area (Å²) in [7, 11) is 1.95. The molecule has 0 fully saturated rings. The van der Waals surface area contributed by atoms with Crippen molar-refractivity contribution in [3.8, 4) is 11.1 Å². The number of aryl methyl sites for hydroxylation is 1. The molecule has 3 rings (SSSR count). The number of hydrogen-bond donors (Lipinski definition) is 0. The average Bonchev–Trinajstić information content (AvgIpc) is 2.93. The third-order valence-corrected chi connectivity index (χ3v) is 4.10. The van der Waals surface area contributed by atoms with Gasteiger partial charge in [0.05, 0.1) is 5.69 Å². The molecule has 3 nitrogen and oxygen atoms in total. The zero-order valence-corrected chi connectivity index (χ0v) is 14.0. The van der Waals surface area contributed by atoms with Gasteiger partial charge in [0, 0.05) is 29.8 Å². The first kappa shape index (κ1) is 16.1. The molecule has 0 aliphatic rings. The number of halogens is 1. The maximum Gasteiger partial charge on any atom is 0.142 e. The van der Waals surface area contributed by atoms with Gasteiger partial charge in [-0.15, -0.1) is 0 Å². The third kappa shape index (κ3) is 2.75. The lowest BCUT2D eigenvalue weighted by atomic mass is 9.92. The van der Waals surface area contributed by atoms with E-state index in [1.807, 2.05) is 23.9 Å². The van der Waals surface area contributed by atoms with E-state index >= 15 is 0 Å². The molecule has 24 heavy (non-hydrogen) atoms. The summed E-state index contributed by atoms with van der Waals surface area (Å²) in [6, 6.07) is 8.43. The maximum atomic E-state index is 13.4. The van der Waals surface area contributed by atoms with Crippen molar-refractivity contribution in [2.75, 3.05) is 0 Å². The van der Waals surface area contributed by atoms with Crippen molar-refractivity contribution in [2.24, 2.45) is 7.05 Å². The van der Waals surface area contributed by atoms with Crippen LogP contribution in [-0.4, -0.2) is 15.8 Å². The normalized spacial score (nSPS) is 11.7. The number of pyridine rings is 1. The number of carbonyl (C=O) groups is 1. The molecule has 0 saturated heterocycles. The highest BCUT2D eigenvalue weighted by atomic mass is 19.1. The Morgan fingerprint density at radius 2 is 1.88 bits per heavy atom. The highest BCUT2D eigenvalue weighted by Gasteiger charge is 2.18. The first-order valence-electron chi connectivity index (χ1n) is 7.89. The van der Waals surface area contributed by atoms with E-state index in [1.165, 1.54) is 18.2 Å². The Balaban J connectivity index is 2.43. The van der Waals surface area contributed by atoms with Crippen molar-refractivity contribution in [1.29, 1.82) is 0 Å². The van der Waals surface area contributed by atoms with Crippen LogP contribution in [0, 0.1) is 5.82 Å². The van der Waals surface area contributed by atoms with Crippen LogP contribution in [0.15, 0.2) is 42.6 Å². The van der Waals surface area contributed by atoms with Gasteiger partial charge < -0.3 is 4.57 Å². The van der Waals surface area contributed by atoms with Crippen molar-refractivity contribution in [3.63, 3.8) is 0 Å². The summed E-state index contributed by atoms with van der Waals surface area (Å²) < 4.78 is 15.3. The van der Waals surface area contributed by atoms with Crippen LogP contribution in [0.4, 0.5) is 4.39 Å². The number of benzene rings is 1. The molecular weight excluding hydrogens is 303 g/mol. The number of aromatic nitrogens is 2. The van der Waals surface area contributed by atoms with E-state index in [2.05, 4.69) is 13.8 Å². The fourth-order valence-electron chi connectivity index (χ4n) is 2.98. The van der Waals surface area contributed by atoms with E-state index in [9.17, 15) is 9.18 Å². The molecule has 2 heterocycles. The topological polar surface area (TPSA) is 34.9 Å². The van der Waals surface area contributed by atoms with Crippen LogP contribution in [0.5, 0.6) is 0 Å². The summed E-state index contributed by atoms with van der Waals surface area (Å²) in [5.41, 5.74) is 4.58. The molecular formula is C20H19FN2O. The maximum absolute atomic E-state index is 13.4. The lowest BCUT2D eigenvalue weighted by Crippen LogP contribution is -2.02. The lowest BCUT2D eigenvalue weighted by Gasteiger charge is -2.16. The molecule has 4 heteroatoms. The number of hydrogen-bond acceptors (Lipinski definition) is 2. The molecule has 0 aliphatic heterocycles. The van der Waals surface area contributed by atoms with Gasteiger partial charge in [-0.2, -0.15) is 0 Å². The average molecular weight is 322 g/mol. The van der Waals surface area contributed by atoms with E-state index in [1.54, 1.807) is 18.2 Å². The molecule has 0 N–H and O–H groups in total. The molecule has 0 atom stereocenters. The third-order valence-electron chi connectivity index (χ3n) is 4.10. The fourth-order valence-corrected chi connectivity index (χ4v) is 2.98. The van der Waals surface area contributed by atoms with Gasteiger partial charge in [0.15, 0.2) is 0 Å². The lowest BCUT2D eigenvalue weighted by molar-refractivity contribution is -0.104. The molecule has 0 spiro atoms. The molecule has 0 unspecified atom stereocenters. The number of rotatable bonds is 4. The van der Waals surface area contributed by atoms with Gasteiger partial charge in [-0.1, -0.05) is 26.0 Å². The SMILES string of the molecule is CC(C)c1nc2c(ccn2C)c(-c2ccc(F)cc2)c1/C=C/C=O. The van der Waals surface area contributed by atoms with Crippen molar-refractivity contribution in [3.05, 3.63) is 59.7 Å². The molecule has 1 aromatic carbocycles. The molecule has 3 aromatic rings. The van der Waals surface area contributed by atoms with Crippen molar-refractivity contribution < 1.29 is 9.18 Å². The van der Waals surface area contributed by atoms with E-state index in [-0.39, 0.29) is 11.7 Å². The van der Waals surface area contributed by atoms with Crippen LogP contribution in [-0.2, 0) is 11.8 Å². The summed E-state index contributed by atoms with van der Waals surface area (Å²) in [5.74, 6) is -0.0824. The second-order valence-electron chi connectivity index (χ2n) is 6.11. The van der Waals surface area contributed by atoms with Gasteiger partial charge in [-0.25, -0.2) is 9.37 Å². The molecule has 0 aliphatic carbocycles. The fraction of sp³-hybridized carbons (Fsp3) is 0.200. The number of carbonyl (C=O) groups excluding carboxylic acids is 1. The summed E-state index contributed by atoms with van der Waals surface area (Å²) in [6.07, 6.45) is 5.99. The van der Waals surface area contributed by atoms with Crippen LogP contribution in [0.1, 0.15) is 31.0 Å². The van der Waals surface area contributed by atoms with Crippen LogP contribution >= 0.6 is 0 Å². The molecule has 2 aromatic heterocycles. The molecule has 0 saturated carbocycles. The van der Waals surface area contributed by atoms with Gasteiger partial charge in [0.2, 0.25) is 0 Å². The Hall–Kier alpha value is -2.75. The minimum Gasteiger partial charge on any atom is -0.336 e. The number of nitrogens with zero attached hydrogens (tertiary/aromatic N) is 2. The quantitative estimate of drug-likeness (QED) is 0.515. The van der Waals surface area contributed by atoms with E-state index in [0.29, 0.717) is 0 Å². The summed E-state index contributed by atoms with van der Waals surface area (Å²) in [4.78, 5) is 15.7.